The van der Waals surface area contributed by atoms with Crippen LogP contribution >= 0.6 is 15.9 Å². The van der Waals surface area contributed by atoms with Crippen LogP contribution in [0.25, 0.3) is 55.6 Å². The standard InChI is InChI=1S/C36H25Br/c37-36-24-34(28-15-8-3-9-16-28)23-35(25-36)30-18-10-17-29(19-30)33-21-31(26-11-4-1-5-12-26)20-32(22-33)27-13-6-2-7-14-27/h1-25H. The molecule has 37 heavy (non-hydrogen) atoms. The maximum atomic E-state index is 3.74. The summed E-state index contributed by atoms with van der Waals surface area (Å²) in [6.45, 7) is 0. The summed E-state index contributed by atoms with van der Waals surface area (Å²) in [4.78, 5) is 0. The summed E-state index contributed by atoms with van der Waals surface area (Å²) in [5.41, 5.74) is 12.1. The third kappa shape index (κ3) is 5.18. The molecule has 6 aromatic rings. The highest BCUT2D eigenvalue weighted by Crippen LogP contribution is 2.36. The van der Waals surface area contributed by atoms with E-state index < -0.39 is 0 Å². The van der Waals surface area contributed by atoms with Crippen molar-refractivity contribution in [2.45, 2.75) is 0 Å². The average Bonchev–Trinajstić information content (AvgIpc) is 2.98. The molecule has 0 aliphatic heterocycles. The van der Waals surface area contributed by atoms with Gasteiger partial charge in [-0.05, 0) is 98.1 Å². The maximum Gasteiger partial charge on any atom is 0.0187 e. The van der Waals surface area contributed by atoms with Gasteiger partial charge in [0.1, 0.15) is 0 Å². The van der Waals surface area contributed by atoms with E-state index in [9.17, 15) is 0 Å². The predicted molar refractivity (Wildman–Crippen MR) is 161 cm³/mol. The van der Waals surface area contributed by atoms with Crippen LogP contribution in [0.4, 0.5) is 0 Å². The molecule has 0 aliphatic rings. The van der Waals surface area contributed by atoms with Crippen molar-refractivity contribution in [1.82, 2.24) is 0 Å². The van der Waals surface area contributed by atoms with E-state index in [0.717, 1.165) is 4.47 Å². The minimum absolute atomic E-state index is 1.08. The normalized spacial score (nSPS) is 10.8. The van der Waals surface area contributed by atoms with Crippen LogP contribution in [0.5, 0.6) is 0 Å². The summed E-state index contributed by atoms with van der Waals surface area (Å²) in [5.74, 6) is 0. The molecule has 0 nitrogen and oxygen atoms in total. The van der Waals surface area contributed by atoms with E-state index >= 15 is 0 Å². The van der Waals surface area contributed by atoms with Gasteiger partial charge >= 0.3 is 0 Å². The van der Waals surface area contributed by atoms with Gasteiger partial charge in [-0.2, -0.15) is 0 Å². The highest BCUT2D eigenvalue weighted by atomic mass is 79.9. The van der Waals surface area contributed by atoms with Gasteiger partial charge < -0.3 is 0 Å². The van der Waals surface area contributed by atoms with Crippen molar-refractivity contribution < 1.29 is 0 Å². The second kappa shape index (κ2) is 10.4. The number of rotatable bonds is 5. The molecule has 6 aromatic carbocycles. The summed E-state index contributed by atoms with van der Waals surface area (Å²) in [7, 11) is 0. The van der Waals surface area contributed by atoms with Gasteiger partial charge in [-0.25, -0.2) is 0 Å². The molecule has 0 unspecified atom stereocenters. The zero-order valence-corrected chi connectivity index (χ0v) is 21.9. The minimum Gasteiger partial charge on any atom is -0.0622 e. The van der Waals surface area contributed by atoms with Crippen molar-refractivity contribution in [3.05, 3.63) is 156 Å². The molecule has 176 valence electrons. The third-order valence-electron chi connectivity index (χ3n) is 6.68. The van der Waals surface area contributed by atoms with Crippen LogP contribution in [-0.2, 0) is 0 Å². The van der Waals surface area contributed by atoms with Gasteiger partial charge in [-0.15, -0.1) is 0 Å². The van der Waals surface area contributed by atoms with E-state index in [-0.39, 0.29) is 0 Å². The molecule has 0 bridgehead atoms. The highest BCUT2D eigenvalue weighted by Gasteiger charge is 2.10. The molecule has 0 heterocycles. The van der Waals surface area contributed by atoms with Crippen molar-refractivity contribution in [3.8, 4) is 55.6 Å². The van der Waals surface area contributed by atoms with Gasteiger partial charge in [0.15, 0.2) is 0 Å². The summed E-state index contributed by atoms with van der Waals surface area (Å²) in [6, 6.07) is 54.2. The van der Waals surface area contributed by atoms with Crippen molar-refractivity contribution >= 4 is 15.9 Å². The zero-order valence-electron chi connectivity index (χ0n) is 20.3. The Kier molecular flexibility index (Phi) is 6.54. The first-order chi connectivity index (χ1) is 18.2. The summed E-state index contributed by atoms with van der Waals surface area (Å²) in [6.07, 6.45) is 0. The molecular formula is C36H25Br. The lowest BCUT2D eigenvalue weighted by Crippen LogP contribution is -1.87. The van der Waals surface area contributed by atoms with Crippen molar-refractivity contribution in [3.63, 3.8) is 0 Å². The van der Waals surface area contributed by atoms with E-state index in [1.54, 1.807) is 0 Å². The van der Waals surface area contributed by atoms with E-state index in [4.69, 9.17) is 0 Å². The molecule has 0 aliphatic carbocycles. The Morgan fingerprint density at radius 2 is 0.514 bits per heavy atom. The lowest BCUT2D eigenvalue weighted by Gasteiger charge is -2.13. The Morgan fingerprint density at radius 1 is 0.243 bits per heavy atom. The van der Waals surface area contributed by atoms with Gasteiger partial charge in [0.25, 0.3) is 0 Å². The fourth-order valence-corrected chi connectivity index (χ4v) is 5.31. The second-order valence-electron chi connectivity index (χ2n) is 9.21. The molecule has 1 heteroatoms. The molecule has 0 amide bonds. The molecule has 0 atom stereocenters. The molecule has 0 spiro atoms. The van der Waals surface area contributed by atoms with Crippen LogP contribution in [0.1, 0.15) is 0 Å². The number of hydrogen-bond acceptors (Lipinski definition) is 0. The smallest absolute Gasteiger partial charge is 0.0187 e. The summed E-state index contributed by atoms with van der Waals surface area (Å²) < 4.78 is 1.08. The first kappa shape index (κ1) is 23.2. The van der Waals surface area contributed by atoms with E-state index in [1.165, 1.54) is 55.6 Å². The van der Waals surface area contributed by atoms with Crippen LogP contribution < -0.4 is 0 Å². The quantitative estimate of drug-likeness (QED) is 0.205. The van der Waals surface area contributed by atoms with E-state index in [0.29, 0.717) is 0 Å². The number of benzene rings is 6. The lowest BCUT2D eigenvalue weighted by molar-refractivity contribution is 1.54. The molecule has 0 saturated carbocycles. The SMILES string of the molecule is Brc1cc(-c2ccccc2)cc(-c2cccc(-c3cc(-c4ccccc4)cc(-c4ccccc4)c3)c2)c1. The molecule has 0 radical (unpaired) electrons. The van der Waals surface area contributed by atoms with Crippen LogP contribution in [0.3, 0.4) is 0 Å². The minimum atomic E-state index is 1.08. The lowest BCUT2D eigenvalue weighted by atomic mass is 9.92. The molecule has 0 saturated heterocycles. The van der Waals surface area contributed by atoms with Gasteiger partial charge in [-0.1, -0.05) is 125 Å². The number of hydrogen-bond donors (Lipinski definition) is 0. The van der Waals surface area contributed by atoms with E-state index in [2.05, 4.69) is 168 Å². The summed E-state index contributed by atoms with van der Waals surface area (Å²) >= 11 is 3.74. The second-order valence-corrected chi connectivity index (χ2v) is 10.1. The fourth-order valence-electron chi connectivity index (χ4n) is 4.82. The Morgan fingerprint density at radius 3 is 0.919 bits per heavy atom. The van der Waals surface area contributed by atoms with Crippen LogP contribution in [-0.4, -0.2) is 0 Å². The highest BCUT2D eigenvalue weighted by molar-refractivity contribution is 9.10. The first-order valence-electron chi connectivity index (χ1n) is 12.5. The molecule has 0 fully saturated rings. The fraction of sp³-hybridized carbons (Fsp3) is 0. The largest absolute Gasteiger partial charge is 0.0622 e. The van der Waals surface area contributed by atoms with Gasteiger partial charge in [-0.3, -0.25) is 0 Å². The molecule has 0 N–H and O–H groups in total. The third-order valence-corrected chi connectivity index (χ3v) is 7.14. The Bertz CT molecular complexity index is 1590. The topological polar surface area (TPSA) is 0 Å². The van der Waals surface area contributed by atoms with Crippen LogP contribution in [0, 0.1) is 0 Å². The zero-order chi connectivity index (χ0) is 25.0. The van der Waals surface area contributed by atoms with Gasteiger partial charge in [0.05, 0.1) is 0 Å². The Labute approximate surface area is 227 Å². The van der Waals surface area contributed by atoms with Crippen LogP contribution in [0.2, 0.25) is 0 Å². The summed E-state index contributed by atoms with van der Waals surface area (Å²) in [5, 5.41) is 0. The Hall–Kier alpha value is -4.20. The molecule has 0 aromatic heterocycles. The van der Waals surface area contributed by atoms with E-state index in [1.807, 2.05) is 0 Å². The Balaban J connectivity index is 1.47. The molecular weight excluding hydrogens is 512 g/mol. The van der Waals surface area contributed by atoms with Gasteiger partial charge in [0, 0.05) is 4.47 Å². The molecule has 6 rings (SSSR count). The maximum absolute atomic E-state index is 3.74. The van der Waals surface area contributed by atoms with Crippen molar-refractivity contribution in [1.29, 1.82) is 0 Å². The first-order valence-corrected chi connectivity index (χ1v) is 13.2. The predicted octanol–water partition coefficient (Wildman–Crippen LogP) is 10.8. The van der Waals surface area contributed by atoms with Crippen molar-refractivity contribution in [2.24, 2.45) is 0 Å². The number of halogens is 1. The van der Waals surface area contributed by atoms with Gasteiger partial charge in [0.2, 0.25) is 0 Å². The van der Waals surface area contributed by atoms with Crippen LogP contribution in [0.15, 0.2) is 156 Å². The monoisotopic (exact) mass is 536 g/mol. The van der Waals surface area contributed by atoms with Crippen molar-refractivity contribution in [2.75, 3.05) is 0 Å². The average molecular weight is 538 g/mol.